The first-order valence-electron chi connectivity index (χ1n) is 11.7. The summed E-state index contributed by atoms with van der Waals surface area (Å²) < 4.78 is 2.72. The molecule has 4 heterocycles. The van der Waals surface area contributed by atoms with E-state index >= 15 is 0 Å². The third-order valence-electron chi connectivity index (χ3n) is 6.70. The number of aliphatic hydroxyl groups excluding tert-OH is 1. The average molecular weight is 511 g/mol. The number of carbonyl (C=O) groups is 2. The van der Waals surface area contributed by atoms with Gasteiger partial charge in [0.2, 0.25) is 0 Å². The monoisotopic (exact) mass is 510 g/mol. The first-order valence-corrected chi connectivity index (χ1v) is 12.5. The van der Waals surface area contributed by atoms with Gasteiger partial charge in [-0.25, -0.2) is 9.97 Å². The second kappa shape index (κ2) is 8.28. The van der Waals surface area contributed by atoms with Crippen molar-refractivity contribution in [3.05, 3.63) is 94.4 Å². The number of aryl methyl sites for hydroxylation is 3. The number of phenols is 1. The number of phenolic OH excluding ortho intramolecular Hbond substituents is 1. The smallest absolute Gasteiger partial charge is 0.301 e. The summed E-state index contributed by atoms with van der Waals surface area (Å²) in [6.45, 7) is 5.69. The fourth-order valence-electron chi connectivity index (χ4n) is 4.80. The molecule has 0 bridgehead atoms. The Morgan fingerprint density at radius 2 is 1.76 bits per heavy atom. The normalized spacial score (nSPS) is 17.4. The van der Waals surface area contributed by atoms with Gasteiger partial charge in [-0.1, -0.05) is 35.6 Å². The van der Waals surface area contributed by atoms with E-state index in [1.807, 2.05) is 54.8 Å². The number of aliphatic hydroxyl groups is 1. The van der Waals surface area contributed by atoms with Gasteiger partial charge in [-0.15, -0.1) is 0 Å². The number of Topliss-reactive ketones (excluding diaryl/α,β-unsaturated/α-hetero) is 1. The molecule has 1 saturated heterocycles. The third-order valence-corrected chi connectivity index (χ3v) is 7.72. The Morgan fingerprint density at radius 3 is 2.49 bits per heavy atom. The van der Waals surface area contributed by atoms with Gasteiger partial charge in [-0.2, -0.15) is 0 Å². The number of carbonyl (C=O) groups excluding carboxylic acids is 2. The summed E-state index contributed by atoms with van der Waals surface area (Å²) in [6, 6.07) is 14.9. The van der Waals surface area contributed by atoms with Crippen LogP contribution in [-0.4, -0.2) is 36.3 Å². The van der Waals surface area contributed by atoms with Crippen LogP contribution in [0.4, 0.5) is 5.13 Å². The van der Waals surface area contributed by atoms with Crippen LogP contribution in [0.25, 0.3) is 21.6 Å². The summed E-state index contributed by atoms with van der Waals surface area (Å²) in [5, 5.41) is 21.8. The zero-order valence-corrected chi connectivity index (χ0v) is 21.1. The molecule has 8 nitrogen and oxygen atoms in total. The highest BCUT2D eigenvalue weighted by atomic mass is 32.1. The number of benzene rings is 2. The van der Waals surface area contributed by atoms with E-state index in [4.69, 9.17) is 0 Å². The average Bonchev–Trinajstić information content (AvgIpc) is 3.52. The van der Waals surface area contributed by atoms with Crippen molar-refractivity contribution in [2.45, 2.75) is 26.8 Å². The van der Waals surface area contributed by atoms with Crippen LogP contribution in [0.5, 0.6) is 5.75 Å². The number of imidazole rings is 1. The molecule has 1 amide bonds. The highest BCUT2D eigenvalue weighted by Gasteiger charge is 2.48. The number of nitrogens with zero attached hydrogens (tertiary/aromatic N) is 4. The Labute approximate surface area is 215 Å². The summed E-state index contributed by atoms with van der Waals surface area (Å²) in [4.78, 5) is 37.6. The highest BCUT2D eigenvalue weighted by Crippen LogP contribution is 2.44. The lowest BCUT2D eigenvalue weighted by molar-refractivity contribution is -0.132. The Kier molecular flexibility index (Phi) is 5.13. The first kappa shape index (κ1) is 22.9. The minimum absolute atomic E-state index is 0.0443. The number of amides is 1. The fourth-order valence-corrected chi connectivity index (χ4v) is 5.89. The quantitative estimate of drug-likeness (QED) is 0.196. The Balaban J connectivity index is 1.60. The van der Waals surface area contributed by atoms with Crippen molar-refractivity contribution >= 4 is 49.8 Å². The van der Waals surface area contributed by atoms with Crippen LogP contribution in [0.1, 0.15) is 34.1 Å². The second-order valence-corrected chi connectivity index (χ2v) is 10.2. The van der Waals surface area contributed by atoms with Crippen LogP contribution >= 0.6 is 11.3 Å². The molecule has 0 aliphatic carbocycles. The molecule has 3 aromatic heterocycles. The number of aromatic nitrogens is 3. The number of rotatable bonds is 3. The molecule has 9 heteroatoms. The van der Waals surface area contributed by atoms with Crippen LogP contribution < -0.4 is 4.90 Å². The molecule has 1 atom stereocenters. The molecule has 37 heavy (non-hydrogen) atoms. The Morgan fingerprint density at radius 1 is 1.00 bits per heavy atom. The number of hydrogen-bond acceptors (Lipinski definition) is 7. The molecular formula is C28H22N4O4S. The zero-order valence-electron chi connectivity index (χ0n) is 20.3. The summed E-state index contributed by atoms with van der Waals surface area (Å²) in [7, 11) is 0. The van der Waals surface area contributed by atoms with E-state index in [1.165, 1.54) is 28.4 Å². The lowest BCUT2D eigenvalue weighted by Gasteiger charge is -2.22. The minimum Gasteiger partial charge on any atom is -0.508 e. The summed E-state index contributed by atoms with van der Waals surface area (Å²) >= 11 is 1.30. The molecule has 1 fully saturated rings. The van der Waals surface area contributed by atoms with Gasteiger partial charge in [0.05, 0.1) is 27.5 Å². The Hall–Kier alpha value is -4.50. The molecular weight excluding hydrogens is 488 g/mol. The molecule has 1 aliphatic rings. The van der Waals surface area contributed by atoms with Crippen LogP contribution in [0, 0.1) is 20.8 Å². The highest BCUT2D eigenvalue weighted by molar-refractivity contribution is 7.22. The number of anilines is 1. The standard InChI is InChI=1S/C28H22N4O4S/c1-14-6-11-19-20(13-14)37-28(29-19)32-23(17-7-9-18(33)10-8-17)21(25(35)27(32)36)24(34)22-16(3)31-12-4-5-15(2)26(31)30-22/h4-13,23,33-34H,1-3H3/b24-21+. The van der Waals surface area contributed by atoms with Crippen molar-refractivity contribution in [3.63, 3.8) is 0 Å². The number of pyridine rings is 1. The third kappa shape index (κ3) is 3.50. The molecule has 0 radical (unpaired) electrons. The molecule has 184 valence electrons. The molecule has 2 aromatic carbocycles. The van der Waals surface area contributed by atoms with Gasteiger partial charge >= 0.3 is 5.91 Å². The van der Waals surface area contributed by atoms with Crippen molar-refractivity contribution in [1.29, 1.82) is 0 Å². The summed E-state index contributed by atoms with van der Waals surface area (Å²) in [5.74, 6) is -1.91. The van der Waals surface area contributed by atoms with Gasteiger partial charge in [0, 0.05) is 6.20 Å². The predicted octanol–water partition coefficient (Wildman–Crippen LogP) is 5.20. The van der Waals surface area contributed by atoms with Crippen LogP contribution in [0.15, 0.2) is 66.4 Å². The second-order valence-electron chi connectivity index (χ2n) is 9.16. The number of thiazole rings is 1. The van der Waals surface area contributed by atoms with Gasteiger partial charge in [-0.3, -0.25) is 14.5 Å². The van der Waals surface area contributed by atoms with E-state index in [1.54, 1.807) is 19.1 Å². The summed E-state index contributed by atoms with van der Waals surface area (Å²) in [5.41, 5.74) is 4.67. The van der Waals surface area contributed by atoms with Crippen molar-refractivity contribution < 1.29 is 19.8 Å². The van der Waals surface area contributed by atoms with Crippen molar-refractivity contribution in [2.24, 2.45) is 0 Å². The number of aromatic hydroxyl groups is 1. The topological polar surface area (TPSA) is 108 Å². The SMILES string of the molecule is Cc1ccc2nc(N3C(=O)C(=O)/C(=C(/O)c4nc5c(C)cccn5c4C)C3c3ccc(O)cc3)sc2c1. The predicted molar refractivity (Wildman–Crippen MR) is 142 cm³/mol. The number of hydrogen-bond donors (Lipinski definition) is 2. The van der Waals surface area contributed by atoms with Crippen molar-refractivity contribution in [2.75, 3.05) is 4.90 Å². The van der Waals surface area contributed by atoms with E-state index < -0.39 is 17.7 Å². The maximum Gasteiger partial charge on any atom is 0.301 e. The van der Waals surface area contributed by atoms with Crippen LogP contribution in [0.2, 0.25) is 0 Å². The van der Waals surface area contributed by atoms with Crippen LogP contribution in [0.3, 0.4) is 0 Å². The largest absolute Gasteiger partial charge is 0.508 e. The zero-order chi connectivity index (χ0) is 26.0. The number of ketones is 1. The van der Waals surface area contributed by atoms with E-state index in [-0.39, 0.29) is 22.8 Å². The van der Waals surface area contributed by atoms with Gasteiger partial charge in [-0.05, 0) is 67.8 Å². The van der Waals surface area contributed by atoms with Gasteiger partial charge in [0.1, 0.15) is 17.1 Å². The van der Waals surface area contributed by atoms with Crippen LogP contribution in [-0.2, 0) is 9.59 Å². The van der Waals surface area contributed by atoms with E-state index in [0.717, 1.165) is 15.8 Å². The lowest BCUT2D eigenvalue weighted by Crippen LogP contribution is -2.29. The van der Waals surface area contributed by atoms with Gasteiger partial charge in [0.25, 0.3) is 5.78 Å². The lowest BCUT2D eigenvalue weighted by atomic mass is 9.96. The molecule has 0 saturated carbocycles. The maximum atomic E-state index is 13.5. The Bertz CT molecular complexity index is 1780. The van der Waals surface area contributed by atoms with E-state index in [9.17, 15) is 19.8 Å². The van der Waals surface area contributed by atoms with Gasteiger partial charge < -0.3 is 14.6 Å². The molecule has 2 N–H and O–H groups in total. The van der Waals surface area contributed by atoms with E-state index in [2.05, 4.69) is 9.97 Å². The van der Waals surface area contributed by atoms with Gasteiger partial charge in [0.15, 0.2) is 10.9 Å². The van der Waals surface area contributed by atoms with Crippen molar-refractivity contribution in [3.8, 4) is 5.75 Å². The fraction of sp³-hybridized carbons (Fsp3) is 0.143. The number of fused-ring (bicyclic) bond motifs is 2. The van der Waals surface area contributed by atoms with Crippen molar-refractivity contribution in [1.82, 2.24) is 14.4 Å². The molecule has 1 aliphatic heterocycles. The minimum atomic E-state index is -0.951. The first-order chi connectivity index (χ1) is 17.7. The summed E-state index contributed by atoms with van der Waals surface area (Å²) in [6.07, 6.45) is 1.83. The molecule has 6 rings (SSSR count). The molecule has 5 aromatic rings. The molecule has 1 unspecified atom stereocenters. The molecule has 0 spiro atoms. The maximum absolute atomic E-state index is 13.5. The van der Waals surface area contributed by atoms with E-state index in [0.29, 0.717) is 27.6 Å².